The average molecular weight is 258 g/mol. The number of aryl methyl sites for hydroxylation is 1. The Balaban J connectivity index is 1.64. The summed E-state index contributed by atoms with van der Waals surface area (Å²) in [5.41, 5.74) is 3.17. The summed E-state index contributed by atoms with van der Waals surface area (Å²) in [7, 11) is 0. The van der Waals surface area contributed by atoms with Crippen molar-refractivity contribution in [1.29, 1.82) is 0 Å². The van der Waals surface area contributed by atoms with Gasteiger partial charge in [0.1, 0.15) is 0 Å². The number of benzene rings is 1. The van der Waals surface area contributed by atoms with E-state index < -0.39 is 0 Å². The zero-order valence-corrected chi connectivity index (χ0v) is 12.1. The van der Waals surface area contributed by atoms with Gasteiger partial charge >= 0.3 is 0 Å². The molecular weight excluding hydrogens is 232 g/mol. The first kappa shape index (κ1) is 13.1. The number of hydrogen-bond donors (Lipinski definition) is 1. The molecule has 104 valence electrons. The Morgan fingerprint density at radius 1 is 1.16 bits per heavy atom. The van der Waals surface area contributed by atoms with Gasteiger partial charge in [0.05, 0.1) is 0 Å². The molecule has 0 bridgehead atoms. The number of hydrogen-bond acceptors (Lipinski definition) is 2. The number of nitrogens with one attached hydrogen (secondary N) is 1. The molecule has 1 saturated heterocycles. The minimum atomic E-state index is 0.737. The molecule has 0 amide bonds. The second-order valence-electron chi connectivity index (χ2n) is 6.05. The molecule has 1 aliphatic heterocycles. The van der Waals surface area contributed by atoms with Gasteiger partial charge in [0.15, 0.2) is 0 Å². The molecule has 1 heterocycles. The molecule has 2 heteroatoms. The van der Waals surface area contributed by atoms with Crippen molar-refractivity contribution in [1.82, 2.24) is 10.2 Å². The summed E-state index contributed by atoms with van der Waals surface area (Å²) in [4.78, 5) is 2.73. The van der Waals surface area contributed by atoms with Gasteiger partial charge in [0.25, 0.3) is 0 Å². The number of nitrogens with zero attached hydrogens (tertiary/aromatic N) is 1. The van der Waals surface area contributed by atoms with Crippen molar-refractivity contribution < 1.29 is 0 Å². The maximum absolute atomic E-state index is 3.68. The molecule has 2 nitrogen and oxygen atoms in total. The SMILES string of the molecule is CCC1CCN(C2CCc3ccccc3C2)CCN1. The Labute approximate surface area is 117 Å². The van der Waals surface area contributed by atoms with E-state index in [0.717, 1.165) is 18.6 Å². The summed E-state index contributed by atoms with van der Waals surface area (Å²) in [6, 6.07) is 10.5. The lowest BCUT2D eigenvalue weighted by Crippen LogP contribution is -2.41. The van der Waals surface area contributed by atoms with E-state index in [9.17, 15) is 0 Å². The van der Waals surface area contributed by atoms with Crippen molar-refractivity contribution in [3.63, 3.8) is 0 Å². The largest absolute Gasteiger partial charge is 0.313 e. The highest BCUT2D eigenvalue weighted by molar-refractivity contribution is 5.30. The summed E-state index contributed by atoms with van der Waals surface area (Å²) in [6.45, 7) is 5.96. The average Bonchev–Trinajstić information content (AvgIpc) is 2.72. The molecule has 0 saturated carbocycles. The maximum atomic E-state index is 3.68. The lowest BCUT2D eigenvalue weighted by Gasteiger charge is -2.34. The van der Waals surface area contributed by atoms with Gasteiger partial charge < -0.3 is 5.32 Å². The fourth-order valence-corrected chi connectivity index (χ4v) is 3.65. The van der Waals surface area contributed by atoms with Crippen LogP contribution in [-0.4, -0.2) is 36.6 Å². The van der Waals surface area contributed by atoms with E-state index in [1.54, 1.807) is 11.1 Å². The first-order valence-electron chi connectivity index (χ1n) is 7.91. The molecule has 0 spiro atoms. The summed E-state index contributed by atoms with van der Waals surface area (Å²) < 4.78 is 0. The van der Waals surface area contributed by atoms with Crippen molar-refractivity contribution in [3.05, 3.63) is 35.4 Å². The van der Waals surface area contributed by atoms with Crippen LogP contribution in [0.4, 0.5) is 0 Å². The molecule has 2 aliphatic rings. The van der Waals surface area contributed by atoms with Gasteiger partial charge in [0.2, 0.25) is 0 Å². The van der Waals surface area contributed by atoms with Gasteiger partial charge in [-0.2, -0.15) is 0 Å². The van der Waals surface area contributed by atoms with Crippen molar-refractivity contribution in [2.45, 2.75) is 51.1 Å². The highest BCUT2D eigenvalue weighted by Gasteiger charge is 2.25. The van der Waals surface area contributed by atoms with Gasteiger partial charge in [-0.1, -0.05) is 31.2 Å². The highest BCUT2D eigenvalue weighted by Crippen LogP contribution is 2.25. The Bertz CT molecular complexity index is 415. The Kier molecular flexibility index (Phi) is 4.19. The topological polar surface area (TPSA) is 15.3 Å². The molecule has 1 aromatic rings. The van der Waals surface area contributed by atoms with Gasteiger partial charge in [0, 0.05) is 25.2 Å². The molecule has 19 heavy (non-hydrogen) atoms. The van der Waals surface area contributed by atoms with Crippen LogP contribution in [-0.2, 0) is 12.8 Å². The monoisotopic (exact) mass is 258 g/mol. The first-order chi connectivity index (χ1) is 9.36. The summed E-state index contributed by atoms with van der Waals surface area (Å²) in [5.74, 6) is 0. The normalized spacial score (nSPS) is 28.7. The van der Waals surface area contributed by atoms with Crippen LogP contribution in [0, 0.1) is 0 Å². The van der Waals surface area contributed by atoms with E-state index in [2.05, 4.69) is 41.4 Å². The molecule has 0 radical (unpaired) electrons. The van der Waals surface area contributed by atoms with Gasteiger partial charge in [-0.25, -0.2) is 0 Å². The van der Waals surface area contributed by atoms with E-state index in [4.69, 9.17) is 0 Å². The van der Waals surface area contributed by atoms with Crippen LogP contribution in [0.25, 0.3) is 0 Å². The van der Waals surface area contributed by atoms with Crippen LogP contribution in [0.1, 0.15) is 37.3 Å². The third-order valence-corrected chi connectivity index (χ3v) is 4.93. The Morgan fingerprint density at radius 3 is 2.84 bits per heavy atom. The number of fused-ring (bicyclic) bond motifs is 1. The lowest BCUT2D eigenvalue weighted by molar-refractivity contribution is 0.190. The predicted molar refractivity (Wildman–Crippen MR) is 80.5 cm³/mol. The van der Waals surface area contributed by atoms with Gasteiger partial charge in [-0.15, -0.1) is 0 Å². The van der Waals surface area contributed by atoms with Crippen LogP contribution in [0.15, 0.2) is 24.3 Å². The number of rotatable bonds is 2. The third kappa shape index (κ3) is 3.01. The smallest absolute Gasteiger partial charge is 0.0139 e. The molecule has 1 fully saturated rings. The van der Waals surface area contributed by atoms with E-state index in [1.165, 1.54) is 45.2 Å². The van der Waals surface area contributed by atoms with E-state index in [0.29, 0.717) is 0 Å². The van der Waals surface area contributed by atoms with Crippen LogP contribution < -0.4 is 5.32 Å². The summed E-state index contributed by atoms with van der Waals surface area (Å²) in [6.07, 6.45) is 6.44. The fourth-order valence-electron chi connectivity index (χ4n) is 3.65. The lowest BCUT2D eigenvalue weighted by atomic mass is 9.87. The molecule has 2 atom stereocenters. The van der Waals surface area contributed by atoms with Crippen LogP contribution in [0.3, 0.4) is 0 Å². The first-order valence-corrected chi connectivity index (χ1v) is 7.91. The van der Waals surface area contributed by atoms with Crippen molar-refractivity contribution in [2.24, 2.45) is 0 Å². The molecular formula is C17H26N2. The van der Waals surface area contributed by atoms with E-state index in [-0.39, 0.29) is 0 Å². The third-order valence-electron chi connectivity index (χ3n) is 4.93. The van der Waals surface area contributed by atoms with Gasteiger partial charge in [-0.05, 0) is 49.8 Å². The second-order valence-corrected chi connectivity index (χ2v) is 6.05. The Hall–Kier alpha value is -0.860. The fraction of sp³-hybridized carbons (Fsp3) is 0.647. The molecule has 0 aromatic heterocycles. The highest BCUT2D eigenvalue weighted by atomic mass is 15.2. The standard InChI is InChI=1S/C17H26N2/c1-2-16-9-11-19(12-10-18-16)17-8-7-14-5-3-4-6-15(14)13-17/h3-6,16-18H,2,7-13H2,1H3. The minimum Gasteiger partial charge on any atom is -0.313 e. The predicted octanol–water partition coefficient (Wildman–Crippen LogP) is 2.62. The maximum Gasteiger partial charge on any atom is 0.0139 e. The molecule has 1 N–H and O–H groups in total. The van der Waals surface area contributed by atoms with Crippen LogP contribution in [0.2, 0.25) is 0 Å². The quantitative estimate of drug-likeness (QED) is 0.877. The second kappa shape index (κ2) is 6.06. The van der Waals surface area contributed by atoms with E-state index >= 15 is 0 Å². The van der Waals surface area contributed by atoms with Gasteiger partial charge in [-0.3, -0.25) is 4.90 Å². The van der Waals surface area contributed by atoms with Crippen molar-refractivity contribution >= 4 is 0 Å². The minimum absolute atomic E-state index is 0.737. The summed E-state index contributed by atoms with van der Waals surface area (Å²) >= 11 is 0. The molecule has 2 unspecified atom stereocenters. The molecule has 3 rings (SSSR count). The van der Waals surface area contributed by atoms with E-state index in [1.807, 2.05) is 0 Å². The summed E-state index contributed by atoms with van der Waals surface area (Å²) in [5, 5.41) is 3.68. The Morgan fingerprint density at radius 2 is 2.00 bits per heavy atom. The van der Waals surface area contributed by atoms with Crippen LogP contribution in [0.5, 0.6) is 0 Å². The van der Waals surface area contributed by atoms with Crippen molar-refractivity contribution in [3.8, 4) is 0 Å². The van der Waals surface area contributed by atoms with Crippen molar-refractivity contribution in [2.75, 3.05) is 19.6 Å². The van der Waals surface area contributed by atoms with Crippen LogP contribution >= 0.6 is 0 Å². The zero-order chi connectivity index (χ0) is 13.1. The molecule has 1 aromatic carbocycles. The zero-order valence-electron chi connectivity index (χ0n) is 12.1. The molecule has 1 aliphatic carbocycles.